The average Bonchev–Trinajstić information content (AvgIpc) is 2.02. The quantitative estimate of drug-likeness (QED) is 0.759. The van der Waals surface area contributed by atoms with Crippen molar-refractivity contribution in [2.24, 2.45) is 4.36 Å². The molecule has 0 atom stereocenters. The van der Waals surface area contributed by atoms with Crippen LogP contribution in [0.3, 0.4) is 0 Å². The van der Waals surface area contributed by atoms with Crippen LogP contribution in [-0.4, -0.2) is 4.21 Å². The van der Waals surface area contributed by atoms with Crippen LogP contribution >= 0.6 is 15.9 Å². The molecular formula is C7H6BrF2NOS. The van der Waals surface area contributed by atoms with Crippen LogP contribution in [0.25, 0.3) is 0 Å². The number of hydrogen-bond donors (Lipinski definition) is 0. The van der Waals surface area contributed by atoms with Gasteiger partial charge < -0.3 is 0 Å². The van der Waals surface area contributed by atoms with E-state index in [4.69, 9.17) is 0 Å². The Labute approximate surface area is 83.9 Å². The summed E-state index contributed by atoms with van der Waals surface area (Å²) < 4.78 is 37.2. The van der Waals surface area contributed by atoms with Gasteiger partial charge in [0.2, 0.25) is 0 Å². The van der Waals surface area contributed by atoms with Crippen molar-refractivity contribution in [2.75, 3.05) is 0 Å². The van der Waals surface area contributed by atoms with Crippen molar-refractivity contribution in [3.05, 3.63) is 34.3 Å². The molecule has 0 aliphatic rings. The van der Waals surface area contributed by atoms with E-state index in [-0.39, 0.29) is 6.54 Å². The Morgan fingerprint density at radius 3 is 2.31 bits per heavy atom. The molecule has 0 spiro atoms. The van der Waals surface area contributed by atoms with E-state index in [2.05, 4.69) is 20.3 Å². The number of benzene rings is 1. The second-order valence-electron chi connectivity index (χ2n) is 2.31. The molecule has 0 fully saturated rings. The van der Waals surface area contributed by atoms with Crippen molar-refractivity contribution >= 4 is 26.4 Å². The summed E-state index contributed by atoms with van der Waals surface area (Å²) in [5, 5.41) is 0. The highest BCUT2D eigenvalue weighted by Gasteiger charge is 1.99. The highest BCUT2D eigenvalue weighted by molar-refractivity contribution is 9.10. The predicted octanol–water partition coefficient (Wildman–Crippen LogP) is 3.19. The fourth-order valence-corrected chi connectivity index (χ4v) is 1.30. The van der Waals surface area contributed by atoms with Crippen molar-refractivity contribution in [3.8, 4) is 0 Å². The van der Waals surface area contributed by atoms with Crippen molar-refractivity contribution in [1.82, 2.24) is 0 Å². The Balaban J connectivity index is 2.77. The van der Waals surface area contributed by atoms with Crippen LogP contribution in [0.4, 0.5) is 7.77 Å². The molecule has 2 nitrogen and oxygen atoms in total. The fourth-order valence-electron chi connectivity index (χ4n) is 0.739. The first kappa shape index (κ1) is 10.6. The SMILES string of the molecule is O=S(F)(F)=NCc1ccc(Br)cc1. The third-order valence-electron chi connectivity index (χ3n) is 1.31. The van der Waals surface area contributed by atoms with E-state index >= 15 is 0 Å². The van der Waals surface area contributed by atoms with Crippen molar-refractivity contribution in [1.29, 1.82) is 0 Å². The molecule has 0 radical (unpaired) electrons. The molecule has 1 rings (SSSR count). The molecule has 0 heterocycles. The van der Waals surface area contributed by atoms with E-state index in [0.29, 0.717) is 5.56 Å². The molecular weight excluding hydrogens is 264 g/mol. The Morgan fingerprint density at radius 2 is 1.85 bits per heavy atom. The van der Waals surface area contributed by atoms with E-state index in [0.717, 1.165) is 4.47 Å². The minimum atomic E-state index is -4.97. The second-order valence-corrected chi connectivity index (χ2v) is 4.28. The Bertz CT molecular complexity index is 389. The number of nitrogens with zero attached hydrogens (tertiary/aromatic N) is 1. The lowest BCUT2D eigenvalue weighted by Gasteiger charge is -1.95. The van der Waals surface area contributed by atoms with Crippen LogP contribution in [0.1, 0.15) is 5.56 Å². The maximum atomic E-state index is 11.8. The zero-order chi connectivity index (χ0) is 9.90. The Morgan fingerprint density at radius 1 is 1.31 bits per heavy atom. The average molecular weight is 270 g/mol. The molecule has 0 saturated heterocycles. The van der Waals surface area contributed by atoms with Crippen LogP contribution < -0.4 is 0 Å². The molecule has 0 aliphatic heterocycles. The van der Waals surface area contributed by atoms with E-state index in [1.54, 1.807) is 24.3 Å². The Kier molecular flexibility index (Phi) is 3.38. The van der Waals surface area contributed by atoms with Gasteiger partial charge in [-0.3, -0.25) is 0 Å². The van der Waals surface area contributed by atoms with E-state index in [1.807, 2.05) is 0 Å². The normalized spacial score (nSPS) is 11.3. The highest BCUT2D eigenvalue weighted by Crippen LogP contribution is 2.12. The van der Waals surface area contributed by atoms with Crippen molar-refractivity contribution in [2.45, 2.75) is 6.54 Å². The van der Waals surface area contributed by atoms with Gasteiger partial charge in [0, 0.05) is 4.47 Å². The number of hydrogen-bond acceptors (Lipinski definition) is 2. The van der Waals surface area contributed by atoms with Crippen LogP contribution in [0.2, 0.25) is 0 Å². The lowest BCUT2D eigenvalue weighted by atomic mass is 10.2. The second kappa shape index (κ2) is 4.15. The molecule has 0 N–H and O–H groups in total. The monoisotopic (exact) mass is 269 g/mol. The van der Waals surface area contributed by atoms with Gasteiger partial charge in [0.05, 0.1) is 6.54 Å². The van der Waals surface area contributed by atoms with Gasteiger partial charge >= 0.3 is 10.5 Å². The third-order valence-corrected chi connectivity index (χ3v) is 2.27. The van der Waals surface area contributed by atoms with E-state index < -0.39 is 10.5 Å². The van der Waals surface area contributed by atoms with Crippen LogP contribution in [-0.2, 0) is 17.0 Å². The minimum Gasteiger partial charge on any atom is -0.180 e. The summed E-state index contributed by atoms with van der Waals surface area (Å²) in [7, 11) is -4.97. The van der Waals surface area contributed by atoms with Crippen molar-refractivity contribution < 1.29 is 12.0 Å². The summed E-state index contributed by atoms with van der Waals surface area (Å²) in [6, 6.07) is 6.70. The maximum Gasteiger partial charge on any atom is 0.367 e. The number of rotatable bonds is 2. The summed E-state index contributed by atoms with van der Waals surface area (Å²) in [5.74, 6) is 0. The zero-order valence-electron chi connectivity index (χ0n) is 6.41. The van der Waals surface area contributed by atoms with Gasteiger partial charge in [-0.15, -0.1) is 0 Å². The molecule has 0 aromatic heterocycles. The molecule has 0 saturated carbocycles. The number of halogens is 3. The standard InChI is InChI=1S/C7H6BrF2NOS/c8-7-3-1-6(2-4-7)5-11-13(9,10)12/h1-4H,5H2. The molecule has 0 amide bonds. The van der Waals surface area contributed by atoms with Crippen molar-refractivity contribution in [3.63, 3.8) is 0 Å². The summed E-state index contributed by atoms with van der Waals surface area (Å²) in [6.07, 6.45) is 0. The van der Waals surface area contributed by atoms with Crippen LogP contribution in [0.5, 0.6) is 0 Å². The van der Waals surface area contributed by atoms with Gasteiger partial charge in [-0.25, -0.2) is 0 Å². The molecule has 0 bridgehead atoms. The molecule has 6 heteroatoms. The van der Waals surface area contributed by atoms with Gasteiger partial charge in [0.25, 0.3) is 0 Å². The van der Waals surface area contributed by atoms with Crippen LogP contribution in [0, 0.1) is 0 Å². The summed E-state index contributed by atoms with van der Waals surface area (Å²) in [4.78, 5) is 0. The van der Waals surface area contributed by atoms with Gasteiger partial charge in [-0.2, -0.15) is 8.57 Å². The van der Waals surface area contributed by atoms with Crippen LogP contribution in [0.15, 0.2) is 33.1 Å². The van der Waals surface area contributed by atoms with E-state index in [9.17, 15) is 12.0 Å². The largest absolute Gasteiger partial charge is 0.367 e. The first-order chi connectivity index (χ1) is 5.97. The molecule has 13 heavy (non-hydrogen) atoms. The zero-order valence-corrected chi connectivity index (χ0v) is 8.82. The van der Waals surface area contributed by atoms with E-state index in [1.165, 1.54) is 0 Å². The van der Waals surface area contributed by atoms with Gasteiger partial charge in [0.15, 0.2) is 0 Å². The highest BCUT2D eigenvalue weighted by atomic mass is 79.9. The van der Waals surface area contributed by atoms with Gasteiger partial charge in [0.1, 0.15) is 0 Å². The molecule has 0 aliphatic carbocycles. The fraction of sp³-hybridized carbons (Fsp3) is 0.143. The lowest BCUT2D eigenvalue weighted by molar-refractivity contribution is 0.584. The maximum absolute atomic E-state index is 11.8. The molecule has 1 aromatic rings. The smallest absolute Gasteiger partial charge is 0.180 e. The summed E-state index contributed by atoms with van der Waals surface area (Å²) in [6.45, 7) is -0.223. The third kappa shape index (κ3) is 4.33. The topological polar surface area (TPSA) is 29.4 Å². The molecule has 72 valence electrons. The first-order valence-electron chi connectivity index (χ1n) is 3.34. The summed E-state index contributed by atoms with van der Waals surface area (Å²) >= 11 is 3.20. The molecule has 0 unspecified atom stereocenters. The lowest BCUT2D eigenvalue weighted by Crippen LogP contribution is -1.84. The Hall–Kier alpha value is -0.490. The summed E-state index contributed by atoms with van der Waals surface area (Å²) in [5.41, 5.74) is 0.603. The first-order valence-corrected chi connectivity index (χ1v) is 5.45. The van der Waals surface area contributed by atoms with Gasteiger partial charge in [-0.05, 0) is 17.7 Å². The minimum absolute atomic E-state index is 0.223. The predicted molar refractivity (Wildman–Crippen MR) is 50.6 cm³/mol. The molecule has 1 aromatic carbocycles. The van der Waals surface area contributed by atoms with Gasteiger partial charge in [-0.1, -0.05) is 35.8 Å².